The van der Waals surface area contributed by atoms with Gasteiger partial charge >= 0.3 is 0 Å². The zero-order valence-electron chi connectivity index (χ0n) is 13.2. The summed E-state index contributed by atoms with van der Waals surface area (Å²) in [6.07, 6.45) is 0.497. The van der Waals surface area contributed by atoms with Crippen LogP contribution in [0.5, 0.6) is 5.75 Å². The Morgan fingerprint density at radius 2 is 1.79 bits per heavy atom. The minimum Gasteiger partial charge on any atom is -0.496 e. The van der Waals surface area contributed by atoms with E-state index in [4.69, 9.17) is 10.5 Å². The first-order valence-electron chi connectivity index (χ1n) is 7.54. The van der Waals surface area contributed by atoms with Crippen LogP contribution in [0.15, 0.2) is 65.1 Å². The third-order valence-corrected chi connectivity index (χ3v) is 4.38. The Morgan fingerprint density at radius 1 is 1.04 bits per heavy atom. The van der Waals surface area contributed by atoms with E-state index >= 15 is 4.39 Å². The average molecular weight is 386 g/mol. The molecule has 0 radical (unpaired) electrons. The largest absolute Gasteiger partial charge is 0.496 e. The number of benzene rings is 3. The van der Waals surface area contributed by atoms with Crippen molar-refractivity contribution in [2.24, 2.45) is 0 Å². The maximum absolute atomic E-state index is 15.2. The number of anilines is 1. The lowest BCUT2D eigenvalue weighted by Gasteiger charge is -2.14. The number of hydrogen-bond donors (Lipinski definition) is 1. The van der Waals surface area contributed by atoms with E-state index in [-0.39, 0.29) is 5.82 Å². The summed E-state index contributed by atoms with van der Waals surface area (Å²) in [4.78, 5) is 0. The van der Waals surface area contributed by atoms with Crippen LogP contribution in [0.2, 0.25) is 0 Å². The number of ether oxygens (including phenoxy) is 1. The van der Waals surface area contributed by atoms with Gasteiger partial charge in [0.15, 0.2) is 0 Å². The molecule has 3 aromatic rings. The van der Waals surface area contributed by atoms with Gasteiger partial charge in [-0.3, -0.25) is 0 Å². The van der Waals surface area contributed by atoms with E-state index in [1.165, 1.54) is 0 Å². The van der Waals surface area contributed by atoms with Crippen LogP contribution in [0.4, 0.5) is 10.1 Å². The predicted octanol–water partition coefficient (Wildman–Crippen LogP) is 5.44. The molecule has 0 aromatic heterocycles. The Hall–Kier alpha value is -2.33. The van der Waals surface area contributed by atoms with E-state index in [1.54, 1.807) is 13.2 Å². The van der Waals surface area contributed by atoms with Crippen molar-refractivity contribution in [3.8, 4) is 16.9 Å². The second kappa shape index (κ2) is 7.05. The molecular weight excluding hydrogens is 369 g/mol. The van der Waals surface area contributed by atoms with Crippen LogP contribution in [-0.2, 0) is 6.42 Å². The summed E-state index contributed by atoms with van der Waals surface area (Å²) in [5, 5.41) is 0. The minimum atomic E-state index is -0.260. The summed E-state index contributed by atoms with van der Waals surface area (Å²) in [7, 11) is 1.55. The first-order valence-corrected chi connectivity index (χ1v) is 8.33. The molecule has 2 nitrogen and oxygen atoms in total. The van der Waals surface area contributed by atoms with Gasteiger partial charge in [-0.05, 0) is 47.0 Å². The summed E-state index contributed by atoms with van der Waals surface area (Å²) in [6, 6.07) is 18.6. The highest BCUT2D eigenvalue weighted by atomic mass is 79.9. The van der Waals surface area contributed by atoms with Gasteiger partial charge in [0.1, 0.15) is 11.6 Å². The first kappa shape index (κ1) is 16.5. The summed E-state index contributed by atoms with van der Waals surface area (Å²) in [5.74, 6) is 0.260. The van der Waals surface area contributed by atoms with Crippen molar-refractivity contribution in [2.45, 2.75) is 6.42 Å². The average Bonchev–Trinajstić information content (AvgIpc) is 2.58. The number of halogens is 2. The van der Waals surface area contributed by atoms with Crippen molar-refractivity contribution in [2.75, 3.05) is 12.8 Å². The number of nitrogen functional groups attached to an aromatic ring is 1. The van der Waals surface area contributed by atoms with Crippen molar-refractivity contribution in [3.05, 3.63) is 82.1 Å². The molecule has 0 saturated heterocycles. The molecule has 4 heteroatoms. The standard InChI is InChI=1S/C20H17BrFNO/c1-24-18-10-7-15(11-13-5-8-17(23)9-6-13)20(22)19(18)14-3-2-4-16(21)12-14/h2-10,12H,11,23H2,1H3. The smallest absolute Gasteiger partial charge is 0.138 e. The second-order valence-electron chi connectivity index (χ2n) is 5.54. The third-order valence-electron chi connectivity index (χ3n) is 3.89. The lowest BCUT2D eigenvalue weighted by molar-refractivity contribution is 0.413. The quantitative estimate of drug-likeness (QED) is 0.607. The van der Waals surface area contributed by atoms with Crippen LogP contribution in [0, 0.1) is 5.82 Å². The van der Waals surface area contributed by atoms with Crippen molar-refractivity contribution < 1.29 is 9.13 Å². The molecule has 24 heavy (non-hydrogen) atoms. The Kier molecular flexibility index (Phi) is 4.86. The van der Waals surface area contributed by atoms with Crippen LogP contribution < -0.4 is 10.5 Å². The summed E-state index contributed by atoms with van der Waals surface area (Å²) in [6.45, 7) is 0. The van der Waals surface area contributed by atoms with Gasteiger partial charge in [0.05, 0.1) is 12.7 Å². The molecule has 0 amide bonds. The van der Waals surface area contributed by atoms with Crippen molar-refractivity contribution >= 4 is 21.6 Å². The second-order valence-corrected chi connectivity index (χ2v) is 6.46. The van der Waals surface area contributed by atoms with Gasteiger partial charge in [-0.2, -0.15) is 0 Å². The molecule has 0 saturated carbocycles. The van der Waals surface area contributed by atoms with Crippen LogP contribution in [0.1, 0.15) is 11.1 Å². The molecule has 0 fully saturated rings. The van der Waals surface area contributed by atoms with Gasteiger partial charge in [-0.1, -0.05) is 46.3 Å². The Balaban J connectivity index is 2.06. The van der Waals surface area contributed by atoms with Crippen LogP contribution in [0.3, 0.4) is 0 Å². The SMILES string of the molecule is COc1ccc(Cc2ccc(N)cc2)c(F)c1-c1cccc(Br)c1. The number of methoxy groups -OCH3 is 1. The first-order chi connectivity index (χ1) is 11.6. The summed E-state index contributed by atoms with van der Waals surface area (Å²) in [5.41, 5.74) is 9.29. The van der Waals surface area contributed by atoms with E-state index < -0.39 is 0 Å². The fourth-order valence-electron chi connectivity index (χ4n) is 2.68. The molecule has 0 aliphatic heterocycles. The molecule has 0 aliphatic rings. The zero-order chi connectivity index (χ0) is 17.1. The third kappa shape index (κ3) is 3.44. The molecule has 0 aliphatic carbocycles. The van der Waals surface area contributed by atoms with E-state index in [2.05, 4.69) is 15.9 Å². The summed E-state index contributed by atoms with van der Waals surface area (Å²) < 4.78 is 21.4. The van der Waals surface area contributed by atoms with Crippen molar-refractivity contribution in [1.29, 1.82) is 0 Å². The maximum Gasteiger partial charge on any atom is 0.138 e. The summed E-state index contributed by atoms with van der Waals surface area (Å²) >= 11 is 3.43. The monoisotopic (exact) mass is 385 g/mol. The molecule has 3 rings (SSSR count). The zero-order valence-corrected chi connectivity index (χ0v) is 14.8. The molecular formula is C20H17BrFNO. The Labute approximate surface area is 149 Å². The molecule has 0 heterocycles. The van der Waals surface area contributed by atoms with Gasteiger partial charge in [0.2, 0.25) is 0 Å². The highest BCUT2D eigenvalue weighted by molar-refractivity contribution is 9.10. The fourth-order valence-corrected chi connectivity index (χ4v) is 3.08. The minimum absolute atomic E-state index is 0.260. The van der Waals surface area contributed by atoms with Crippen molar-refractivity contribution in [3.63, 3.8) is 0 Å². The highest BCUT2D eigenvalue weighted by Crippen LogP contribution is 2.36. The van der Waals surface area contributed by atoms with E-state index in [0.717, 1.165) is 15.6 Å². The normalized spacial score (nSPS) is 10.6. The molecule has 122 valence electrons. The van der Waals surface area contributed by atoms with Gasteiger partial charge in [0.25, 0.3) is 0 Å². The lowest BCUT2D eigenvalue weighted by Crippen LogP contribution is -1.99. The molecule has 0 unspecified atom stereocenters. The van der Waals surface area contributed by atoms with Gasteiger partial charge in [-0.15, -0.1) is 0 Å². The van der Waals surface area contributed by atoms with Gasteiger partial charge < -0.3 is 10.5 Å². The number of hydrogen-bond acceptors (Lipinski definition) is 2. The van der Waals surface area contributed by atoms with Crippen molar-refractivity contribution in [1.82, 2.24) is 0 Å². The molecule has 2 N–H and O–H groups in total. The number of rotatable bonds is 4. The highest BCUT2D eigenvalue weighted by Gasteiger charge is 2.16. The van der Waals surface area contributed by atoms with Gasteiger partial charge in [-0.25, -0.2) is 4.39 Å². The molecule has 0 atom stereocenters. The Morgan fingerprint density at radius 3 is 2.46 bits per heavy atom. The van der Waals surface area contributed by atoms with E-state index in [1.807, 2.05) is 54.6 Å². The molecule has 0 bridgehead atoms. The van der Waals surface area contributed by atoms with E-state index in [0.29, 0.717) is 29.0 Å². The predicted molar refractivity (Wildman–Crippen MR) is 99.7 cm³/mol. The topological polar surface area (TPSA) is 35.2 Å². The number of nitrogens with two attached hydrogens (primary N) is 1. The molecule has 3 aromatic carbocycles. The van der Waals surface area contributed by atoms with Crippen LogP contribution in [-0.4, -0.2) is 7.11 Å². The Bertz CT molecular complexity index is 862. The van der Waals surface area contributed by atoms with Crippen LogP contribution >= 0.6 is 15.9 Å². The van der Waals surface area contributed by atoms with Crippen LogP contribution in [0.25, 0.3) is 11.1 Å². The maximum atomic E-state index is 15.2. The molecule has 0 spiro atoms. The van der Waals surface area contributed by atoms with E-state index in [9.17, 15) is 0 Å². The lowest BCUT2D eigenvalue weighted by atomic mass is 9.97. The van der Waals surface area contributed by atoms with Gasteiger partial charge in [0, 0.05) is 16.6 Å². The fraction of sp³-hybridized carbons (Fsp3) is 0.100.